The average Bonchev–Trinajstić information content (AvgIpc) is 2.32. The molecule has 0 saturated carbocycles. The first-order valence-corrected chi connectivity index (χ1v) is 8.26. The first-order valence-electron chi connectivity index (χ1n) is 6.17. The molecule has 1 aromatic carbocycles. The molecule has 1 unspecified atom stereocenters. The summed E-state index contributed by atoms with van der Waals surface area (Å²) in [6, 6.07) is 3.98. The Hall–Kier alpha value is -1.38. The zero-order chi connectivity index (χ0) is 16.2. The van der Waals surface area contributed by atoms with E-state index in [2.05, 4.69) is 0 Å². The summed E-state index contributed by atoms with van der Waals surface area (Å²) in [6.45, 7) is 3.85. The first-order chi connectivity index (χ1) is 9.60. The fourth-order valence-electron chi connectivity index (χ4n) is 1.66. The molecule has 0 aliphatic heterocycles. The van der Waals surface area contributed by atoms with E-state index in [0.717, 1.165) is 0 Å². The second kappa shape index (κ2) is 7.06. The van der Waals surface area contributed by atoms with Gasteiger partial charge in [0, 0.05) is 18.1 Å². The van der Waals surface area contributed by atoms with Gasteiger partial charge in [-0.15, -0.1) is 0 Å². The van der Waals surface area contributed by atoms with Crippen molar-refractivity contribution in [3.8, 4) is 5.75 Å². The highest BCUT2D eigenvalue weighted by Crippen LogP contribution is 2.28. The van der Waals surface area contributed by atoms with Crippen LogP contribution in [0.5, 0.6) is 5.75 Å². The summed E-state index contributed by atoms with van der Waals surface area (Å²) in [5, 5.41) is 15.6. The number of nitro groups is 1. The Morgan fingerprint density at radius 2 is 2.05 bits per heavy atom. The maximum absolute atomic E-state index is 11.2. The van der Waals surface area contributed by atoms with Crippen LogP contribution in [0, 0.1) is 22.0 Å². The van der Waals surface area contributed by atoms with E-state index in [4.69, 9.17) is 21.5 Å². The molecule has 118 valence electrons. The first kappa shape index (κ1) is 17.7. The molecule has 0 fully saturated rings. The summed E-state index contributed by atoms with van der Waals surface area (Å²) in [5.74, 6) is -0.0813. The molecule has 0 amide bonds. The van der Waals surface area contributed by atoms with Crippen LogP contribution in [-0.2, 0) is 10.0 Å². The number of nitrogens with two attached hydrogens (primary N) is 1. The van der Waals surface area contributed by atoms with Crippen molar-refractivity contribution in [1.82, 2.24) is 0 Å². The largest absolute Gasteiger partial charge is 0.493 e. The van der Waals surface area contributed by atoms with Gasteiger partial charge >= 0.3 is 0 Å². The number of nitrogens with zero attached hydrogens (tertiary/aromatic N) is 1. The normalized spacial score (nSPS) is 13.2. The van der Waals surface area contributed by atoms with E-state index in [-0.39, 0.29) is 34.9 Å². The number of nitro benzene ring substituents is 1. The summed E-state index contributed by atoms with van der Waals surface area (Å²) < 4.78 is 27.8. The number of benzene rings is 1. The lowest BCUT2D eigenvalue weighted by Crippen LogP contribution is -2.30. The quantitative estimate of drug-likeness (QED) is 0.605. The molecular formula is C12H17ClN2O5S. The summed E-state index contributed by atoms with van der Waals surface area (Å²) in [7, 11) is -3.59. The Balaban J connectivity index is 2.77. The molecular weight excluding hydrogens is 320 g/mol. The zero-order valence-corrected chi connectivity index (χ0v) is 13.2. The van der Waals surface area contributed by atoms with Crippen molar-refractivity contribution < 1.29 is 18.1 Å². The number of primary sulfonamides is 1. The SMILES string of the molecule is CC(C)C(COc1ccc([N+](=O)[O-])c(Cl)c1)CS(N)(=O)=O. The van der Waals surface area contributed by atoms with E-state index in [0.29, 0.717) is 5.75 Å². The Bertz CT molecular complexity index is 618. The molecule has 7 nitrogen and oxygen atoms in total. The lowest BCUT2D eigenvalue weighted by molar-refractivity contribution is -0.384. The zero-order valence-electron chi connectivity index (χ0n) is 11.7. The van der Waals surface area contributed by atoms with Crippen LogP contribution in [0.25, 0.3) is 0 Å². The monoisotopic (exact) mass is 336 g/mol. The van der Waals surface area contributed by atoms with Crippen molar-refractivity contribution in [1.29, 1.82) is 0 Å². The van der Waals surface area contributed by atoms with Crippen molar-refractivity contribution in [2.45, 2.75) is 13.8 Å². The fourth-order valence-corrected chi connectivity index (χ4v) is 2.98. The minimum Gasteiger partial charge on any atom is -0.493 e. The fraction of sp³-hybridized carbons (Fsp3) is 0.500. The molecule has 21 heavy (non-hydrogen) atoms. The van der Waals surface area contributed by atoms with Gasteiger partial charge in [0.1, 0.15) is 10.8 Å². The van der Waals surface area contributed by atoms with Gasteiger partial charge in [0.25, 0.3) is 5.69 Å². The molecule has 2 N–H and O–H groups in total. The van der Waals surface area contributed by atoms with Gasteiger partial charge in [0.05, 0.1) is 17.3 Å². The van der Waals surface area contributed by atoms with Crippen LogP contribution in [0.1, 0.15) is 13.8 Å². The molecule has 9 heteroatoms. The van der Waals surface area contributed by atoms with Gasteiger partial charge in [0.2, 0.25) is 10.0 Å². The Labute approximate surface area is 128 Å². The number of ether oxygens (including phenoxy) is 1. The standard InChI is InChI=1S/C12H17ClN2O5S/c1-8(2)9(7-21(14,18)19)6-20-10-3-4-12(15(16)17)11(13)5-10/h3-5,8-9H,6-7H2,1-2H3,(H2,14,18,19). The Kier molecular flexibility index (Phi) is 5.94. The highest BCUT2D eigenvalue weighted by atomic mass is 35.5. The molecule has 0 aromatic heterocycles. The van der Waals surface area contributed by atoms with Gasteiger partial charge in [-0.3, -0.25) is 10.1 Å². The Morgan fingerprint density at radius 3 is 2.48 bits per heavy atom. The molecule has 0 bridgehead atoms. The topological polar surface area (TPSA) is 113 Å². The molecule has 1 atom stereocenters. The van der Waals surface area contributed by atoms with Gasteiger partial charge in [-0.05, 0) is 12.0 Å². The van der Waals surface area contributed by atoms with E-state index >= 15 is 0 Å². The maximum atomic E-state index is 11.2. The van der Waals surface area contributed by atoms with E-state index in [9.17, 15) is 18.5 Å². The van der Waals surface area contributed by atoms with Crippen molar-refractivity contribution in [2.24, 2.45) is 17.0 Å². The van der Waals surface area contributed by atoms with E-state index in [1.807, 2.05) is 13.8 Å². The van der Waals surface area contributed by atoms with Gasteiger partial charge in [-0.1, -0.05) is 25.4 Å². The summed E-state index contributed by atoms with van der Waals surface area (Å²) in [5.41, 5.74) is -0.214. The third-order valence-electron chi connectivity index (χ3n) is 2.97. The molecule has 0 saturated heterocycles. The molecule has 0 radical (unpaired) electrons. The van der Waals surface area contributed by atoms with Gasteiger partial charge in [0.15, 0.2) is 0 Å². The van der Waals surface area contributed by atoms with Crippen LogP contribution in [0.3, 0.4) is 0 Å². The summed E-state index contributed by atoms with van der Waals surface area (Å²) >= 11 is 5.77. The number of halogens is 1. The number of rotatable bonds is 7. The van der Waals surface area contributed by atoms with Gasteiger partial charge in [-0.2, -0.15) is 0 Å². The van der Waals surface area contributed by atoms with Gasteiger partial charge in [-0.25, -0.2) is 13.6 Å². The number of hydrogen-bond donors (Lipinski definition) is 1. The van der Waals surface area contributed by atoms with Crippen molar-refractivity contribution in [3.05, 3.63) is 33.3 Å². The molecule has 0 aliphatic carbocycles. The minimum absolute atomic E-state index is 0.0370. The van der Waals surface area contributed by atoms with E-state index in [1.165, 1.54) is 18.2 Å². The molecule has 0 spiro atoms. The molecule has 1 rings (SSSR count). The van der Waals surface area contributed by atoms with Gasteiger partial charge < -0.3 is 4.74 Å². The smallest absolute Gasteiger partial charge is 0.288 e. The highest BCUT2D eigenvalue weighted by molar-refractivity contribution is 7.89. The average molecular weight is 337 g/mol. The van der Waals surface area contributed by atoms with Crippen molar-refractivity contribution >= 4 is 27.3 Å². The lowest BCUT2D eigenvalue weighted by Gasteiger charge is -2.20. The third kappa shape index (κ3) is 5.86. The number of hydrogen-bond acceptors (Lipinski definition) is 5. The lowest BCUT2D eigenvalue weighted by atomic mass is 9.99. The second-order valence-electron chi connectivity index (χ2n) is 5.01. The molecule has 1 aromatic rings. The summed E-state index contributed by atoms with van der Waals surface area (Å²) in [6.07, 6.45) is 0. The third-order valence-corrected chi connectivity index (χ3v) is 4.16. The highest BCUT2D eigenvalue weighted by Gasteiger charge is 2.21. The van der Waals surface area contributed by atoms with Crippen molar-refractivity contribution in [2.75, 3.05) is 12.4 Å². The van der Waals surface area contributed by atoms with E-state index in [1.54, 1.807) is 0 Å². The minimum atomic E-state index is -3.59. The van der Waals surface area contributed by atoms with Crippen LogP contribution in [-0.4, -0.2) is 25.7 Å². The second-order valence-corrected chi connectivity index (χ2v) is 7.08. The van der Waals surface area contributed by atoms with Crippen molar-refractivity contribution in [3.63, 3.8) is 0 Å². The van der Waals surface area contributed by atoms with E-state index < -0.39 is 14.9 Å². The van der Waals surface area contributed by atoms with Crippen LogP contribution in [0.15, 0.2) is 18.2 Å². The van der Waals surface area contributed by atoms with Crippen LogP contribution in [0.2, 0.25) is 5.02 Å². The predicted molar refractivity (Wildman–Crippen MR) is 79.9 cm³/mol. The van der Waals surface area contributed by atoms with Crippen LogP contribution < -0.4 is 9.88 Å². The molecule has 0 heterocycles. The predicted octanol–water partition coefficient (Wildman–Crippen LogP) is 2.19. The Morgan fingerprint density at radius 1 is 1.43 bits per heavy atom. The molecule has 0 aliphatic rings. The van der Waals surface area contributed by atoms with Crippen LogP contribution in [0.4, 0.5) is 5.69 Å². The maximum Gasteiger partial charge on any atom is 0.288 e. The van der Waals surface area contributed by atoms with Crippen LogP contribution >= 0.6 is 11.6 Å². The summed E-state index contributed by atoms with van der Waals surface area (Å²) in [4.78, 5) is 10.1. The number of sulfonamides is 1.